The third-order valence-electron chi connectivity index (χ3n) is 5.41. The van der Waals surface area contributed by atoms with Gasteiger partial charge in [0.2, 0.25) is 11.8 Å². The molecule has 0 bridgehead atoms. The first-order chi connectivity index (χ1) is 11.9. The van der Waals surface area contributed by atoms with E-state index in [1.807, 2.05) is 32.0 Å². The van der Waals surface area contributed by atoms with E-state index < -0.39 is 11.5 Å². The van der Waals surface area contributed by atoms with Crippen molar-refractivity contribution in [2.75, 3.05) is 5.32 Å². The first-order valence-corrected chi connectivity index (χ1v) is 8.77. The summed E-state index contributed by atoms with van der Waals surface area (Å²) in [4.78, 5) is 25.3. The highest BCUT2D eigenvalue weighted by molar-refractivity contribution is 6.31. The lowest BCUT2D eigenvalue weighted by molar-refractivity contribution is -0.130. The molecule has 2 aliphatic rings. The standard InChI is InChI=1S/C20H19ClN2O2/c1-11-3-4-12(2)14(9-11)18-20(8-7-17(24)23-18)15-6-5-13(21)10-16(15)22-19(20)25/h3-6,9-10,18H,7-8H2,1-2H3,(H,22,25)(H,23,24). The molecule has 2 aliphatic heterocycles. The van der Waals surface area contributed by atoms with E-state index in [-0.39, 0.29) is 11.8 Å². The van der Waals surface area contributed by atoms with Gasteiger partial charge < -0.3 is 10.6 Å². The molecule has 0 aliphatic carbocycles. The monoisotopic (exact) mass is 354 g/mol. The van der Waals surface area contributed by atoms with Gasteiger partial charge in [0.15, 0.2) is 0 Å². The minimum Gasteiger partial charge on any atom is -0.348 e. The van der Waals surface area contributed by atoms with Gasteiger partial charge in [-0.05, 0) is 49.1 Å². The van der Waals surface area contributed by atoms with E-state index in [1.165, 1.54) is 0 Å². The molecule has 1 fully saturated rings. The maximum absolute atomic E-state index is 13.1. The van der Waals surface area contributed by atoms with Crippen molar-refractivity contribution in [1.82, 2.24) is 5.32 Å². The van der Waals surface area contributed by atoms with Gasteiger partial charge in [0.25, 0.3) is 0 Å². The molecule has 2 unspecified atom stereocenters. The fraction of sp³-hybridized carbons (Fsp3) is 0.300. The van der Waals surface area contributed by atoms with E-state index in [4.69, 9.17) is 11.6 Å². The van der Waals surface area contributed by atoms with Gasteiger partial charge in [-0.1, -0.05) is 41.4 Å². The molecule has 1 spiro atoms. The highest BCUT2D eigenvalue weighted by atomic mass is 35.5. The molecule has 0 aromatic heterocycles. The fourth-order valence-corrected chi connectivity index (χ4v) is 4.30. The Morgan fingerprint density at radius 2 is 1.92 bits per heavy atom. The van der Waals surface area contributed by atoms with Crippen LogP contribution in [0.25, 0.3) is 0 Å². The van der Waals surface area contributed by atoms with Gasteiger partial charge in [-0.15, -0.1) is 0 Å². The molecule has 2 aromatic rings. The molecule has 2 N–H and O–H groups in total. The van der Waals surface area contributed by atoms with E-state index in [1.54, 1.807) is 12.1 Å². The van der Waals surface area contributed by atoms with Crippen LogP contribution >= 0.6 is 11.6 Å². The molecule has 2 aromatic carbocycles. The molecule has 4 nitrogen and oxygen atoms in total. The van der Waals surface area contributed by atoms with Crippen molar-refractivity contribution in [2.24, 2.45) is 0 Å². The normalized spacial score (nSPS) is 24.8. The zero-order valence-electron chi connectivity index (χ0n) is 14.2. The van der Waals surface area contributed by atoms with Crippen LogP contribution in [0.4, 0.5) is 5.69 Å². The first-order valence-electron chi connectivity index (χ1n) is 8.40. The number of benzene rings is 2. The largest absolute Gasteiger partial charge is 0.348 e. The van der Waals surface area contributed by atoms with E-state index >= 15 is 0 Å². The zero-order valence-corrected chi connectivity index (χ0v) is 14.9. The summed E-state index contributed by atoms with van der Waals surface area (Å²) in [7, 11) is 0. The van der Waals surface area contributed by atoms with E-state index in [2.05, 4.69) is 16.7 Å². The predicted octanol–water partition coefficient (Wildman–Crippen LogP) is 3.80. The number of anilines is 1. The summed E-state index contributed by atoms with van der Waals surface area (Å²) < 4.78 is 0. The smallest absolute Gasteiger partial charge is 0.237 e. The van der Waals surface area contributed by atoms with Crippen molar-refractivity contribution in [3.63, 3.8) is 0 Å². The van der Waals surface area contributed by atoms with Gasteiger partial charge >= 0.3 is 0 Å². The van der Waals surface area contributed by atoms with E-state index in [9.17, 15) is 9.59 Å². The molecule has 25 heavy (non-hydrogen) atoms. The maximum Gasteiger partial charge on any atom is 0.237 e. The van der Waals surface area contributed by atoms with Gasteiger partial charge in [0.05, 0.1) is 6.04 Å². The first kappa shape index (κ1) is 16.2. The summed E-state index contributed by atoms with van der Waals surface area (Å²) in [5, 5.41) is 6.64. The maximum atomic E-state index is 13.1. The van der Waals surface area contributed by atoms with Crippen LogP contribution < -0.4 is 10.6 Å². The quantitative estimate of drug-likeness (QED) is 0.818. The number of piperidine rings is 1. The minimum atomic E-state index is -0.799. The number of carbonyl (C=O) groups excluding carboxylic acids is 2. The summed E-state index contributed by atoms with van der Waals surface area (Å²) >= 11 is 6.10. The molecule has 2 amide bonds. The van der Waals surface area contributed by atoms with Crippen molar-refractivity contribution < 1.29 is 9.59 Å². The van der Waals surface area contributed by atoms with Crippen LogP contribution in [0.3, 0.4) is 0 Å². The van der Waals surface area contributed by atoms with Crippen molar-refractivity contribution in [1.29, 1.82) is 0 Å². The topological polar surface area (TPSA) is 58.2 Å². The lowest BCUT2D eigenvalue weighted by atomic mass is 9.67. The molecular formula is C20H19ClN2O2. The Labute approximate surface area is 151 Å². The zero-order chi connectivity index (χ0) is 17.8. The summed E-state index contributed by atoms with van der Waals surface area (Å²) in [6.45, 7) is 4.03. The van der Waals surface area contributed by atoms with Gasteiger partial charge in [-0.2, -0.15) is 0 Å². The number of nitrogens with one attached hydrogen (secondary N) is 2. The number of hydrogen-bond acceptors (Lipinski definition) is 2. The Morgan fingerprint density at radius 1 is 1.12 bits per heavy atom. The average Bonchev–Trinajstić information content (AvgIpc) is 2.84. The fourth-order valence-electron chi connectivity index (χ4n) is 4.13. The molecule has 2 heterocycles. The van der Waals surface area contributed by atoms with E-state index in [0.29, 0.717) is 17.9 Å². The summed E-state index contributed by atoms with van der Waals surface area (Å²) in [6.07, 6.45) is 0.814. The molecule has 128 valence electrons. The number of fused-ring (bicyclic) bond motifs is 2. The third kappa shape index (κ3) is 2.35. The number of aryl methyl sites for hydroxylation is 2. The van der Waals surface area contributed by atoms with Crippen molar-refractivity contribution in [3.8, 4) is 0 Å². The molecule has 1 saturated heterocycles. The number of carbonyl (C=O) groups is 2. The molecular weight excluding hydrogens is 336 g/mol. The second-order valence-corrected chi connectivity index (χ2v) is 7.41. The highest BCUT2D eigenvalue weighted by Crippen LogP contribution is 2.51. The van der Waals surface area contributed by atoms with Crippen LogP contribution in [0.15, 0.2) is 36.4 Å². The second-order valence-electron chi connectivity index (χ2n) is 6.98. The molecule has 4 rings (SSSR count). The van der Waals surface area contributed by atoms with Gasteiger partial charge in [-0.3, -0.25) is 9.59 Å². The van der Waals surface area contributed by atoms with Crippen molar-refractivity contribution in [3.05, 3.63) is 63.7 Å². The van der Waals surface area contributed by atoms with Crippen LogP contribution in [-0.4, -0.2) is 11.8 Å². The Kier molecular flexibility index (Phi) is 3.62. The molecule has 0 saturated carbocycles. The Morgan fingerprint density at radius 3 is 2.72 bits per heavy atom. The highest BCUT2D eigenvalue weighted by Gasteiger charge is 2.55. The number of halogens is 1. The average molecular weight is 355 g/mol. The second kappa shape index (κ2) is 5.60. The summed E-state index contributed by atoms with van der Waals surface area (Å²) in [5.41, 5.74) is 4.01. The number of amides is 2. The molecule has 2 atom stereocenters. The van der Waals surface area contributed by atoms with Gasteiger partial charge in [-0.25, -0.2) is 0 Å². The van der Waals surface area contributed by atoms with Crippen LogP contribution in [0.1, 0.15) is 41.1 Å². The lowest BCUT2D eigenvalue weighted by Crippen LogP contribution is -2.52. The summed E-state index contributed by atoms with van der Waals surface area (Å²) in [6, 6.07) is 11.2. The van der Waals surface area contributed by atoms with Crippen molar-refractivity contribution >= 4 is 29.1 Å². The lowest BCUT2D eigenvalue weighted by Gasteiger charge is -2.41. The van der Waals surface area contributed by atoms with Gasteiger partial charge in [0.1, 0.15) is 5.41 Å². The van der Waals surface area contributed by atoms with Crippen LogP contribution in [0.5, 0.6) is 0 Å². The van der Waals surface area contributed by atoms with Crippen LogP contribution in [0, 0.1) is 13.8 Å². The van der Waals surface area contributed by atoms with Gasteiger partial charge in [0, 0.05) is 17.1 Å². The number of hydrogen-bond donors (Lipinski definition) is 2. The number of rotatable bonds is 1. The SMILES string of the molecule is Cc1ccc(C)c(C2NC(=O)CCC23C(=O)Nc2cc(Cl)ccc23)c1. The van der Waals surface area contributed by atoms with Crippen LogP contribution in [-0.2, 0) is 15.0 Å². The molecule has 5 heteroatoms. The summed E-state index contributed by atoms with van der Waals surface area (Å²) in [5.74, 6) is -0.0950. The molecule has 0 radical (unpaired) electrons. The van der Waals surface area contributed by atoms with E-state index in [0.717, 1.165) is 27.9 Å². The Bertz CT molecular complexity index is 909. The third-order valence-corrected chi connectivity index (χ3v) is 5.64. The minimum absolute atomic E-state index is 0.0215. The predicted molar refractivity (Wildman–Crippen MR) is 97.8 cm³/mol. The Hall–Kier alpha value is -2.33. The van der Waals surface area contributed by atoms with Crippen LogP contribution in [0.2, 0.25) is 5.02 Å². The van der Waals surface area contributed by atoms with Crippen molar-refractivity contribution in [2.45, 2.75) is 38.1 Å². The Balaban J connectivity index is 1.94.